The Kier molecular flexibility index (Phi) is 7.27. The van der Waals surface area contributed by atoms with E-state index in [9.17, 15) is 18.0 Å². The molecule has 6 nitrogen and oxygen atoms in total. The number of nitrogens with one attached hydrogen (secondary N) is 1. The molecule has 0 unspecified atom stereocenters. The Bertz CT molecular complexity index is 1350. The quantitative estimate of drug-likeness (QED) is 0.496. The van der Waals surface area contributed by atoms with Gasteiger partial charge in [-0.05, 0) is 55.7 Å². The average Bonchev–Trinajstić information content (AvgIpc) is 2.86. The Morgan fingerprint density at radius 2 is 1.89 bits per heavy atom. The van der Waals surface area contributed by atoms with Crippen molar-refractivity contribution >= 4 is 17.3 Å². The molecule has 2 heterocycles. The van der Waals surface area contributed by atoms with Gasteiger partial charge in [0.05, 0.1) is 30.3 Å². The highest BCUT2D eigenvalue weighted by Crippen LogP contribution is 2.32. The van der Waals surface area contributed by atoms with Gasteiger partial charge in [0.25, 0.3) is 11.8 Å². The minimum Gasteiger partial charge on any atom is -0.378 e. The largest absolute Gasteiger partial charge is 0.378 e. The summed E-state index contributed by atoms with van der Waals surface area (Å²) in [5, 5.41) is 11.1. The lowest BCUT2D eigenvalue weighted by Gasteiger charge is -2.29. The second kappa shape index (κ2) is 10.4. The lowest BCUT2D eigenvalue weighted by molar-refractivity contribution is 0.0174. The fraction of sp³-hybridized carbons (Fsp3) is 0.296. The number of nitrogens with zero attached hydrogens (tertiary/aromatic N) is 3. The number of carbonyl (C=O) groups is 1. The normalized spacial score (nSPS) is 13.7. The third-order valence-electron chi connectivity index (χ3n) is 5.84. The van der Waals surface area contributed by atoms with Crippen LogP contribution in [-0.4, -0.2) is 42.4 Å². The number of halogens is 3. The molecule has 0 aliphatic carbocycles. The van der Waals surface area contributed by atoms with Crippen molar-refractivity contribution in [2.45, 2.75) is 26.7 Å². The van der Waals surface area contributed by atoms with Gasteiger partial charge in [-0.2, -0.15) is 0 Å². The van der Waals surface area contributed by atoms with Gasteiger partial charge >= 0.3 is 0 Å². The smallest absolute Gasteiger partial charge is 0.270 e. The Balaban J connectivity index is 1.69. The van der Waals surface area contributed by atoms with Gasteiger partial charge in [-0.1, -0.05) is 18.1 Å². The fourth-order valence-corrected chi connectivity index (χ4v) is 3.94. The molecule has 0 spiro atoms. The van der Waals surface area contributed by atoms with E-state index < -0.39 is 17.6 Å². The van der Waals surface area contributed by atoms with E-state index in [1.807, 2.05) is 6.07 Å². The van der Waals surface area contributed by atoms with Crippen LogP contribution < -0.4 is 10.2 Å². The molecule has 0 radical (unpaired) electrons. The van der Waals surface area contributed by atoms with Crippen molar-refractivity contribution < 1.29 is 22.7 Å². The highest BCUT2D eigenvalue weighted by atomic mass is 19.3. The van der Waals surface area contributed by atoms with E-state index in [-0.39, 0.29) is 16.8 Å². The van der Waals surface area contributed by atoms with Crippen LogP contribution in [0, 0.1) is 24.6 Å². The summed E-state index contributed by atoms with van der Waals surface area (Å²) in [6, 6.07) is 9.69. The molecule has 9 heteroatoms. The number of morpholine rings is 1. The van der Waals surface area contributed by atoms with E-state index in [1.165, 1.54) is 30.3 Å². The summed E-state index contributed by atoms with van der Waals surface area (Å²) in [6.45, 7) is 6.69. The van der Waals surface area contributed by atoms with Gasteiger partial charge in [0, 0.05) is 36.7 Å². The summed E-state index contributed by atoms with van der Waals surface area (Å²) in [5.74, 6) is 1.35. The van der Waals surface area contributed by atoms with Crippen LogP contribution in [0.15, 0.2) is 42.5 Å². The maximum Gasteiger partial charge on any atom is 0.270 e. The number of aromatic nitrogens is 2. The molecule has 36 heavy (non-hydrogen) atoms. The number of rotatable bonds is 5. The SMILES string of the molecule is CC#Cc1nnc(-c2cc(NC(=O)c3cccc(C(C)(F)F)c3)c(F)cc2C)cc1N1CCOCC1. The predicted octanol–water partition coefficient (Wildman–Crippen LogP) is 5.16. The Labute approximate surface area is 207 Å². The molecule has 186 valence electrons. The van der Waals surface area contributed by atoms with Gasteiger partial charge in [-0.15, -0.1) is 10.2 Å². The third kappa shape index (κ3) is 5.50. The van der Waals surface area contributed by atoms with Crippen molar-refractivity contribution in [1.82, 2.24) is 10.2 Å². The van der Waals surface area contributed by atoms with Crippen molar-refractivity contribution in [3.63, 3.8) is 0 Å². The summed E-state index contributed by atoms with van der Waals surface area (Å²) in [6.07, 6.45) is 0. The number of anilines is 2. The fourth-order valence-electron chi connectivity index (χ4n) is 3.94. The summed E-state index contributed by atoms with van der Waals surface area (Å²) in [5.41, 5.74) is 2.57. The molecule has 0 bridgehead atoms. The van der Waals surface area contributed by atoms with Crippen LogP contribution in [0.1, 0.15) is 41.0 Å². The second-order valence-electron chi connectivity index (χ2n) is 8.51. The average molecular weight is 495 g/mol. The van der Waals surface area contributed by atoms with Crippen molar-refractivity contribution in [3.05, 3.63) is 70.7 Å². The van der Waals surface area contributed by atoms with E-state index >= 15 is 0 Å². The zero-order chi connectivity index (χ0) is 25.9. The number of benzene rings is 2. The van der Waals surface area contributed by atoms with Gasteiger partial charge in [-0.25, -0.2) is 13.2 Å². The maximum absolute atomic E-state index is 14.8. The molecule has 0 saturated carbocycles. The molecule has 0 atom stereocenters. The predicted molar refractivity (Wildman–Crippen MR) is 132 cm³/mol. The minimum atomic E-state index is -3.11. The van der Waals surface area contributed by atoms with Crippen LogP contribution in [0.25, 0.3) is 11.3 Å². The van der Waals surface area contributed by atoms with Crippen LogP contribution in [-0.2, 0) is 10.7 Å². The number of ether oxygens (including phenoxy) is 1. The molecule has 1 aliphatic heterocycles. The number of hydrogen-bond acceptors (Lipinski definition) is 5. The number of carbonyl (C=O) groups excluding carboxylic acids is 1. The topological polar surface area (TPSA) is 67.4 Å². The number of hydrogen-bond donors (Lipinski definition) is 1. The van der Waals surface area contributed by atoms with Crippen LogP contribution in [0.5, 0.6) is 0 Å². The molecule has 4 rings (SSSR count). The van der Waals surface area contributed by atoms with Gasteiger partial charge in [0.15, 0.2) is 5.69 Å². The molecule has 3 aromatic rings. The van der Waals surface area contributed by atoms with E-state index in [1.54, 1.807) is 13.8 Å². The number of aryl methyl sites for hydroxylation is 1. The molecule has 1 aliphatic rings. The molecule has 1 fully saturated rings. The van der Waals surface area contributed by atoms with Crippen molar-refractivity contribution in [2.24, 2.45) is 0 Å². The van der Waals surface area contributed by atoms with E-state index in [0.29, 0.717) is 48.8 Å². The molecule has 1 aromatic heterocycles. The maximum atomic E-state index is 14.8. The van der Waals surface area contributed by atoms with E-state index in [2.05, 4.69) is 32.3 Å². The Morgan fingerprint density at radius 3 is 2.58 bits per heavy atom. The van der Waals surface area contributed by atoms with Crippen LogP contribution in [0.4, 0.5) is 24.5 Å². The van der Waals surface area contributed by atoms with Crippen molar-refractivity contribution in [2.75, 3.05) is 36.5 Å². The first-order valence-electron chi connectivity index (χ1n) is 11.4. The van der Waals surface area contributed by atoms with Crippen molar-refractivity contribution in [3.8, 4) is 23.1 Å². The summed E-state index contributed by atoms with van der Waals surface area (Å²) in [4.78, 5) is 14.9. The highest BCUT2D eigenvalue weighted by Gasteiger charge is 2.25. The van der Waals surface area contributed by atoms with Crippen LogP contribution in [0.3, 0.4) is 0 Å². The third-order valence-corrected chi connectivity index (χ3v) is 5.84. The molecule has 2 aromatic carbocycles. The summed E-state index contributed by atoms with van der Waals surface area (Å²) in [7, 11) is 0. The lowest BCUT2D eigenvalue weighted by atomic mass is 10.0. The molecular weight excluding hydrogens is 469 g/mol. The Hall–Kier alpha value is -3.90. The molecule has 1 amide bonds. The second-order valence-corrected chi connectivity index (χ2v) is 8.51. The summed E-state index contributed by atoms with van der Waals surface area (Å²) < 4.78 is 47.6. The zero-order valence-electron chi connectivity index (χ0n) is 20.2. The first-order valence-corrected chi connectivity index (χ1v) is 11.4. The minimum absolute atomic E-state index is 0.00700. The molecule has 1 N–H and O–H groups in total. The standard InChI is InChI=1S/C27H25F3N4O2/c1-4-6-22-25(34-9-11-36-12-10-34)16-23(33-32-22)20-15-24(21(28)13-17(20)2)31-26(35)18-7-5-8-19(14-18)27(3,29)30/h5,7-8,13-16H,9-12H2,1-3H3,(H,31,35). The first-order chi connectivity index (χ1) is 17.2. The first kappa shape index (κ1) is 25.2. The number of amides is 1. The monoisotopic (exact) mass is 494 g/mol. The lowest BCUT2D eigenvalue weighted by Crippen LogP contribution is -2.36. The van der Waals surface area contributed by atoms with Gasteiger partial charge in [-0.3, -0.25) is 4.79 Å². The van der Waals surface area contributed by atoms with Crippen LogP contribution in [0.2, 0.25) is 0 Å². The highest BCUT2D eigenvalue weighted by molar-refractivity contribution is 6.04. The molecular formula is C27H25F3N4O2. The zero-order valence-corrected chi connectivity index (χ0v) is 20.2. The molecule has 1 saturated heterocycles. The van der Waals surface area contributed by atoms with Gasteiger partial charge < -0.3 is 15.0 Å². The van der Waals surface area contributed by atoms with E-state index in [0.717, 1.165) is 18.7 Å². The van der Waals surface area contributed by atoms with Crippen LogP contribution >= 0.6 is 0 Å². The van der Waals surface area contributed by atoms with Crippen molar-refractivity contribution in [1.29, 1.82) is 0 Å². The van der Waals surface area contributed by atoms with Gasteiger partial charge in [0.2, 0.25) is 0 Å². The van der Waals surface area contributed by atoms with Gasteiger partial charge in [0.1, 0.15) is 5.82 Å². The number of alkyl halides is 2. The summed E-state index contributed by atoms with van der Waals surface area (Å²) >= 11 is 0. The van der Waals surface area contributed by atoms with E-state index in [4.69, 9.17) is 4.74 Å². The Morgan fingerprint density at radius 1 is 1.14 bits per heavy atom.